The zero-order valence-electron chi connectivity index (χ0n) is 15.8. The van der Waals surface area contributed by atoms with Crippen molar-refractivity contribution < 1.29 is 24.0 Å². The van der Waals surface area contributed by atoms with Gasteiger partial charge in [-0.15, -0.1) is 0 Å². The summed E-state index contributed by atoms with van der Waals surface area (Å²) in [7, 11) is 0. The minimum absolute atomic E-state index is 0.0103. The molecule has 0 aliphatic carbocycles. The predicted molar refractivity (Wildman–Crippen MR) is 111 cm³/mol. The van der Waals surface area contributed by atoms with Gasteiger partial charge in [-0.1, -0.05) is 23.4 Å². The van der Waals surface area contributed by atoms with E-state index in [1.165, 1.54) is 23.9 Å². The van der Waals surface area contributed by atoms with Crippen molar-refractivity contribution in [2.75, 3.05) is 19.8 Å². The number of hydrogen-bond acceptors (Lipinski definition) is 7. The second-order valence-corrected chi connectivity index (χ2v) is 8.06. The topological polar surface area (TPSA) is 108 Å². The molecule has 1 heterocycles. The molecule has 1 N–H and O–H groups in total. The summed E-state index contributed by atoms with van der Waals surface area (Å²) in [4.78, 5) is 36.3. The first-order valence-electron chi connectivity index (χ1n) is 9.19. The molecule has 1 aliphatic heterocycles. The average molecular weight is 451 g/mol. The zero-order chi connectivity index (χ0) is 21.5. The van der Waals surface area contributed by atoms with E-state index in [0.717, 1.165) is 23.8 Å². The van der Waals surface area contributed by atoms with E-state index in [0.29, 0.717) is 23.1 Å². The van der Waals surface area contributed by atoms with E-state index in [-0.39, 0.29) is 17.4 Å². The van der Waals surface area contributed by atoms with Gasteiger partial charge in [0.05, 0.1) is 16.6 Å². The van der Waals surface area contributed by atoms with Crippen molar-refractivity contribution >= 4 is 40.9 Å². The van der Waals surface area contributed by atoms with E-state index >= 15 is 0 Å². The number of benzene rings is 2. The SMILES string of the molecule is O=C(COC(=O)c1cc([N+](=O)[O-])ccc1Sc1ccc(Cl)cc1)NCC1CCCO1. The number of nitrogens with zero attached hydrogens (tertiary/aromatic N) is 1. The van der Waals surface area contributed by atoms with E-state index in [1.807, 2.05) is 0 Å². The van der Waals surface area contributed by atoms with Crippen LogP contribution < -0.4 is 5.32 Å². The molecule has 0 bridgehead atoms. The van der Waals surface area contributed by atoms with Gasteiger partial charge in [0, 0.05) is 40.1 Å². The highest BCUT2D eigenvalue weighted by Gasteiger charge is 2.21. The first kappa shape index (κ1) is 22.1. The Bertz CT molecular complexity index is 931. The lowest BCUT2D eigenvalue weighted by Gasteiger charge is -2.12. The molecule has 8 nitrogen and oxygen atoms in total. The smallest absolute Gasteiger partial charge is 0.340 e. The zero-order valence-corrected chi connectivity index (χ0v) is 17.4. The third-order valence-corrected chi connectivity index (χ3v) is 5.66. The van der Waals surface area contributed by atoms with Gasteiger partial charge < -0.3 is 14.8 Å². The van der Waals surface area contributed by atoms with Crippen LogP contribution in [0.2, 0.25) is 5.02 Å². The first-order valence-corrected chi connectivity index (χ1v) is 10.4. The van der Waals surface area contributed by atoms with Crippen molar-refractivity contribution in [1.29, 1.82) is 0 Å². The van der Waals surface area contributed by atoms with Gasteiger partial charge in [0.15, 0.2) is 6.61 Å². The molecule has 2 aromatic carbocycles. The van der Waals surface area contributed by atoms with Gasteiger partial charge in [0.1, 0.15) is 0 Å². The summed E-state index contributed by atoms with van der Waals surface area (Å²) in [6.45, 7) is 0.542. The number of hydrogen-bond donors (Lipinski definition) is 1. The van der Waals surface area contributed by atoms with Crippen molar-refractivity contribution in [1.82, 2.24) is 5.32 Å². The van der Waals surface area contributed by atoms with Crippen LogP contribution in [-0.4, -0.2) is 42.7 Å². The molecule has 3 rings (SSSR count). The molecule has 10 heteroatoms. The molecule has 2 aromatic rings. The summed E-state index contributed by atoms with van der Waals surface area (Å²) >= 11 is 7.12. The van der Waals surface area contributed by atoms with Crippen LogP contribution in [0.15, 0.2) is 52.3 Å². The molecular weight excluding hydrogens is 432 g/mol. The summed E-state index contributed by atoms with van der Waals surface area (Å²) in [5, 5.41) is 14.3. The Kier molecular flexibility index (Phi) is 7.67. The molecule has 1 aliphatic rings. The fourth-order valence-electron chi connectivity index (χ4n) is 2.80. The van der Waals surface area contributed by atoms with Crippen LogP contribution in [-0.2, 0) is 14.3 Å². The maximum Gasteiger partial charge on any atom is 0.340 e. The largest absolute Gasteiger partial charge is 0.452 e. The van der Waals surface area contributed by atoms with E-state index in [4.69, 9.17) is 21.1 Å². The quantitative estimate of drug-likeness (QED) is 0.369. The first-order chi connectivity index (χ1) is 14.4. The molecule has 0 aromatic heterocycles. The summed E-state index contributed by atoms with van der Waals surface area (Å²) in [5.41, 5.74) is -0.235. The Morgan fingerprint density at radius 1 is 1.27 bits per heavy atom. The molecular formula is C20H19ClN2O6S. The van der Waals surface area contributed by atoms with Gasteiger partial charge in [-0.25, -0.2) is 4.79 Å². The summed E-state index contributed by atoms with van der Waals surface area (Å²) in [5.74, 6) is -1.28. The highest BCUT2D eigenvalue weighted by atomic mass is 35.5. The van der Waals surface area contributed by atoms with Crippen molar-refractivity contribution in [2.45, 2.75) is 28.7 Å². The van der Waals surface area contributed by atoms with Gasteiger partial charge in [-0.3, -0.25) is 14.9 Å². The van der Waals surface area contributed by atoms with Gasteiger partial charge in [0.2, 0.25) is 0 Å². The average Bonchev–Trinajstić information content (AvgIpc) is 3.26. The fourth-order valence-corrected chi connectivity index (χ4v) is 3.84. The fraction of sp³-hybridized carbons (Fsp3) is 0.300. The Balaban J connectivity index is 1.67. The van der Waals surface area contributed by atoms with Gasteiger partial charge in [-0.05, 0) is 43.2 Å². The second kappa shape index (κ2) is 10.4. The highest BCUT2D eigenvalue weighted by Crippen LogP contribution is 2.33. The van der Waals surface area contributed by atoms with Crippen molar-refractivity contribution in [3.05, 3.63) is 63.2 Å². The van der Waals surface area contributed by atoms with E-state index in [2.05, 4.69) is 5.32 Å². The lowest BCUT2D eigenvalue weighted by atomic mass is 10.2. The molecule has 0 saturated carbocycles. The van der Waals surface area contributed by atoms with Crippen LogP contribution in [0.5, 0.6) is 0 Å². The number of amides is 1. The Morgan fingerprint density at radius 3 is 2.70 bits per heavy atom. The predicted octanol–water partition coefficient (Wildman–Crippen LogP) is 3.85. The van der Waals surface area contributed by atoms with Gasteiger partial charge >= 0.3 is 5.97 Å². The summed E-state index contributed by atoms with van der Waals surface area (Å²) in [6.07, 6.45) is 1.80. The van der Waals surface area contributed by atoms with Crippen LogP contribution >= 0.6 is 23.4 Å². The molecule has 1 fully saturated rings. The third-order valence-electron chi connectivity index (χ3n) is 4.32. The van der Waals surface area contributed by atoms with E-state index < -0.39 is 23.4 Å². The molecule has 0 spiro atoms. The number of carbonyl (C=O) groups excluding carboxylic acids is 2. The maximum absolute atomic E-state index is 12.6. The van der Waals surface area contributed by atoms with Crippen molar-refractivity contribution in [2.24, 2.45) is 0 Å². The second-order valence-electron chi connectivity index (χ2n) is 6.51. The Hall–Kier alpha value is -2.62. The van der Waals surface area contributed by atoms with Crippen molar-refractivity contribution in [3.8, 4) is 0 Å². The van der Waals surface area contributed by atoms with Crippen LogP contribution in [0, 0.1) is 10.1 Å². The number of halogens is 1. The molecule has 1 saturated heterocycles. The molecule has 1 unspecified atom stereocenters. The van der Waals surface area contributed by atoms with Crippen LogP contribution in [0.1, 0.15) is 23.2 Å². The van der Waals surface area contributed by atoms with E-state index in [9.17, 15) is 19.7 Å². The van der Waals surface area contributed by atoms with Gasteiger partial charge in [0.25, 0.3) is 11.6 Å². The molecule has 1 atom stereocenters. The van der Waals surface area contributed by atoms with E-state index in [1.54, 1.807) is 24.3 Å². The van der Waals surface area contributed by atoms with Crippen LogP contribution in [0.25, 0.3) is 0 Å². The minimum Gasteiger partial charge on any atom is -0.452 e. The molecule has 158 valence electrons. The lowest BCUT2D eigenvalue weighted by Crippen LogP contribution is -2.34. The normalized spacial score (nSPS) is 15.6. The van der Waals surface area contributed by atoms with Crippen LogP contribution in [0.3, 0.4) is 0 Å². The number of nitrogens with one attached hydrogen (secondary N) is 1. The number of ether oxygens (including phenoxy) is 2. The third kappa shape index (κ3) is 6.19. The standard InChI is InChI=1S/C20H19ClN2O6S/c21-13-3-6-16(7-4-13)30-18-8-5-14(23(26)27)10-17(18)20(25)29-12-19(24)22-11-15-2-1-9-28-15/h3-8,10,15H,1-2,9,11-12H2,(H,22,24). The number of carbonyl (C=O) groups is 2. The number of rotatable bonds is 8. The molecule has 1 amide bonds. The van der Waals surface area contributed by atoms with Gasteiger partial charge in [-0.2, -0.15) is 0 Å². The highest BCUT2D eigenvalue weighted by molar-refractivity contribution is 7.99. The molecule has 30 heavy (non-hydrogen) atoms. The Morgan fingerprint density at radius 2 is 2.03 bits per heavy atom. The lowest BCUT2D eigenvalue weighted by molar-refractivity contribution is -0.384. The van der Waals surface area contributed by atoms with Crippen LogP contribution in [0.4, 0.5) is 5.69 Å². The maximum atomic E-state index is 12.6. The number of nitro groups is 1. The monoisotopic (exact) mass is 450 g/mol. The minimum atomic E-state index is -0.817. The molecule has 0 radical (unpaired) electrons. The summed E-state index contributed by atoms with van der Waals surface area (Å²) in [6, 6.07) is 10.9. The Labute approximate surface area is 182 Å². The number of nitro benzene ring substituents is 1. The van der Waals surface area contributed by atoms with Crippen molar-refractivity contribution in [3.63, 3.8) is 0 Å². The number of non-ortho nitro benzene ring substituents is 1. The number of esters is 1. The summed E-state index contributed by atoms with van der Waals surface area (Å²) < 4.78 is 10.5.